The van der Waals surface area contributed by atoms with E-state index < -0.39 is 0 Å². The van der Waals surface area contributed by atoms with Gasteiger partial charge in [0, 0.05) is 10.9 Å². The predicted octanol–water partition coefficient (Wildman–Crippen LogP) is 3.40. The van der Waals surface area contributed by atoms with Gasteiger partial charge in [0.1, 0.15) is 5.82 Å². The zero-order chi connectivity index (χ0) is 12.4. The van der Waals surface area contributed by atoms with E-state index in [1.165, 1.54) is 22.0 Å². The molecule has 3 nitrogen and oxygen atoms in total. The van der Waals surface area contributed by atoms with E-state index >= 15 is 0 Å². The first-order valence-electron chi connectivity index (χ1n) is 5.34. The molecule has 0 radical (unpaired) electrons. The lowest BCUT2D eigenvalue weighted by Gasteiger charge is -2.18. The molecule has 0 aliphatic rings. The third-order valence-corrected chi connectivity index (χ3v) is 5.95. The maximum Gasteiger partial charge on any atom is 0.170 e. The minimum Gasteiger partial charge on any atom is -0.327 e. The first-order chi connectivity index (χ1) is 8.08. The van der Waals surface area contributed by atoms with Gasteiger partial charge in [-0.2, -0.15) is 4.37 Å². The Hall–Kier alpha value is -0.430. The molecule has 2 unspecified atom stereocenters. The molecule has 2 atom stereocenters. The molecule has 2 rings (SSSR count). The molecule has 0 fully saturated rings. The minimum absolute atomic E-state index is 0.0987. The summed E-state index contributed by atoms with van der Waals surface area (Å²) in [7, 11) is 0. The van der Waals surface area contributed by atoms with Crippen molar-refractivity contribution in [2.24, 2.45) is 5.73 Å². The van der Waals surface area contributed by atoms with Crippen LogP contribution in [0, 0.1) is 13.8 Å². The largest absolute Gasteiger partial charge is 0.327 e. The minimum atomic E-state index is 0.0987. The quantitative estimate of drug-likeness (QED) is 0.875. The Labute approximate surface area is 114 Å². The van der Waals surface area contributed by atoms with Gasteiger partial charge < -0.3 is 5.73 Å². The van der Waals surface area contributed by atoms with E-state index in [9.17, 15) is 0 Å². The Balaban J connectivity index is 2.22. The maximum atomic E-state index is 6.09. The summed E-state index contributed by atoms with van der Waals surface area (Å²) in [5.41, 5.74) is 7.40. The maximum absolute atomic E-state index is 6.09. The Morgan fingerprint density at radius 1 is 1.41 bits per heavy atom. The summed E-state index contributed by atoms with van der Waals surface area (Å²) in [5, 5.41) is 2.38. The van der Waals surface area contributed by atoms with Crippen molar-refractivity contribution in [1.29, 1.82) is 0 Å². The molecule has 0 aliphatic carbocycles. The second kappa shape index (κ2) is 5.48. The lowest BCUT2D eigenvalue weighted by Crippen LogP contribution is -2.22. The second-order valence-corrected chi connectivity index (χ2v) is 7.06. The van der Waals surface area contributed by atoms with Gasteiger partial charge in [0.05, 0.1) is 5.25 Å². The van der Waals surface area contributed by atoms with Crippen LogP contribution in [0.2, 0.25) is 0 Å². The van der Waals surface area contributed by atoms with E-state index in [1.807, 2.05) is 13.8 Å². The first-order valence-corrected chi connectivity index (χ1v) is 7.87. The van der Waals surface area contributed by atoms with Crippen molar-refractivity contribution in [3.8, 4) is 0 Å². The van der Waals surface area contributed by atoms with Gasteiger partial charge in [-0.05, 0) is 49.3 Å². The van der Waals surface area contributed by atoms with Crippen molar-refractivity contribution in [3.63, 3.8) is 0 Å². The summed E-state index contributed by atoms with van der Waals surface area (Å²) in [4.78, 5) is 5.74. The summed E-state index contributed by atoms with van der Waals surface area (Å²) in [6.45, 7) is 6.09. The molecular weight excluding hydrogens is 270 g/mol. The third kappa shape index (κ3) is 3.07. The average Bonchev–Trinajstić information content (AvgIpc) is 2.84. The highest BCUT2D eigenvalue weighted by molar-refractivity contribution is 8.01. The second-order valence-electron chi connectivity index (χ2n) is 3.97. The summed E-state index contributed by atoms with van der Waals surface area (Å²) in [6, 6.07) is 2.24. The molecule has 0 aliphatic heterocycles. The number of aromatic nitrogens is 2. The number of hydrogen-bond donors (Lipinski definition) is 1. The number of aryl methyl sites for hydroxylation is 2. The highest BCUT2D eigenvalue weighted by atomic mass is 32.2. The number of thioether (sulfide) groups is 1. The van der Waals surface area contributed by atoms with Crippen LogP contribution >= 0.6 is 34.6 Å². The molecule has 0 bridgehead atoms. The Bertz CT molecular complexity index is 490. The number of nitrogens with two attached hydrogens (primary N) is 1. The van der Waals surface area contributed by atoms with Crippen LogP contribution in [0.15, 0.2) is 15.8 Å². The molecule has 2 N–H and O–H groups in total. The summed E-state index contributed by atoms with van der Waals surface area (Å²) in [6.07, 6.45) is 0. The van der Waals surface area contributed by atoms with Gasteiger partial charge in [-0.15, -0.1) is 11.3 Å². The van der Waals surface area contributed by atoms with Crippen LogP contribution in [0.5, 0.6) is 0 Å². The summed E-state index contributed by atoms with van der Waals surface area (Å²) in [5.74, 6) is 0.837. The van der Waals surface area contributed by atoms with Gasteiger partial charge in [-0.1, -0.05) is 11.8 Å². The highest BCUT2D eigenvalue weighted by Crippen LogP contribution is 2.41. The van der Waals surface area contributed by atoms with Crippen LogP contribution in [-0.2, 0) is 0 Å². The van der Waals surface area contributed by atoms with E-state index in [4.69, 9.17) is 5.73 Å². The number of rotatable bonds is 4. The van der Waals surface area contributed by atoms with E-state index in [2.05, 4.69) is 27.7 Å². The number of nitrogens with zero attached hydrogens (tertiary/aromatic N) is 2. The molecule has 0 spiro atoms. The van der Waals surface area contributed by atoms with E-state index in [0.717, 1.165) is 10.2 Å². The van der Waals surface area contributed by atoms with Crippen LogP contribution in [0.25, 0.3) is 0 Å². The molecular formula is C11H15N3S3. The van der Waals surface area contributed by atoms with Crippen molar-refractivity contribution in [1.82, 2.24) is 9.36 Å². The summed E-state index contributed by atoms with van der Waals surface area (Å²) < 4.78 is 5.20. The first kappa shape index (κ1) is 13.0. The number of hydrogen-bond acceptors (Lipinski definition) is 6. The van der Waals surface area contributed by atoms with Crippen LogP contribution in [0.1, 0.15) is 28.4 Å². The Morgan fingerprint density at radius 3 is 2.65 bits per heavy atom. The fraction of sp³-hybridized carbons (Fsp3) is 0.455. The smallest absolute Gasteiger partial charge is 0.170 e. The molecule has 2 heterocycles. The van der Waals surface area contributed by atoms with Gasteiger partial charge in [0.25, 0.3) is 0 Å². The zero-order valence-electron chi connectivity index (χ0n) is 10.0. The van der Waals surface area contributed by atoms with E-state index in [1.54, 1.807) is 23.1 Å². The highest BCUT2D eigenvalue weighted by Gasteiger charge is 2.22. The Kier molecular flexibility index (Phi) is 4.19. The van der Waals surface area contributed by atoms with Gasteiger partial charge in [-0.25, -0.2) is 4.98 Å². The molecule has 2 aromatic rings. The van der Waals surface area contributed by atoms with Gasteiger partial charge in [-0.3, -0.25) is 0 Å². The lowest BCUT2D eigenvalue weighted by molar-refractivity contribution is 0.727. The van der Waals surface area contributed by atoms with Crippen LogP contribution in [0.4, 0.5) is 0 Å². The molecule has 0 aromatic carbocycles. The topological polar surface area (TPSA) is 51.8 Å². The van der Waals surface area contributed by atoms with Crippen molar-refractivity contribution in [2.45, 2.75) is 36.4 Å². The summed E-state index contributed by atoms with van der Waals surface area (Å²) >= 11 is 4.94. The van der Waals surface area contributed by atoms with Crippen molar-refractivity contribution in [3.05, 3.63) is 27.7 Å². The fourth-order valence-electron chi connectivity index (χ4n) is 1.51. The molecule has 6 heteroatoms. The molecule has 92 valence electrons. The SMILES string of the molecule is Cc1nsc(SC(c2sccc2C)C(C)N)n1. The number of thiophene rings is 1. The van der Waals surface area contributed by atoms with Gasteiger partial charge in [0.2, 0.25) is 0 Å². The predicted molar refractivity (Wildman–Crippen MR) is 75.9 cm³/mol. The lowest BCUT2D eigenvalue weighted by atomic mass is 10.1. The van der Waals surface area contributed by atoms with Crippen LogP contribution in [0.3, 0.4) is 0 Å². The fourth-order valence-corrected chi connectivity index (χ4v) is 4.77. The average molecular weight is 285 g/mol. The standard InChI is InChI=1S/C11H15N3S3/c1-6-4-5-15-9(6)10(7(2)12)16-11-13-8(3)14-17-11/h4-5,7,10H,12H2,1-3H3. The molecule has 17 heavy (non-hydrogen) atoms. The zero-order valence-corrected chi connectivity index (χ0v) is 12.5. The van der Waals surface area contributed by atoms with Crippen molar-refractivity contribution < 1.29 is 0 Å². The van der Waals surface area contributed by atoms with E-state index in [0.29, 0.717) is 0 Å². The van der Waals surface area contributed by atoms with Gasteiger partial charge in [0.15, 0.2) is 4.34 Å². The molecule has 0 saturated carbocycles. The van der Waals surface area contributed by atoms with Crippen LogP contribution < -0.4 is 5.73 Å². The Morgan fingerprint density at radius 2 is 2.18 bits per heavy atom. The van der Waals surface area contributed by atoms with E-state index in [-0.39, 0.29) is 11.3 Å². The monoisotopic (exact) mass is 285 g/mol. The molecule has 0 saturated heterocycles. The molecule has 0 amide bonds. The third-order valence-electron chi connectivity index (χ3n) is 2.37. The van der Waals surface area contributed by atoms with Crippen molar-refractivity contribution >= 4 is 34.6 Å². The molecule has 2 aromatic heterocycles. The van der Waals surface area contributed by atoms with Crippen molar-refractivity contribution in [2.75, 3.05) is 0 Å². The normalized spacial score (nSPS) is 14.8. The van der Waals surface area contributed by atoms with Gasteiger partial charge >= 0.3 is 0 Å². The van der Waals surface area contributed by atoms with Crippen LogP contribution in [-0.4, -0.2) is 15.4 Å².